The Hall–Kier alpha value is -1.79. The molecule has 1 amide bonds. The number of nitrogens with zero attached hydrogens (tertiary/aromatic N) is 2. The quantitative estimate of drug-likeness (QED) is 0.424. The van der Waals surface area contributed by atoms with Crippen molar-refractivity contribution in [2.75, 3.05) is 32.8 Å². The Kier molecular flexibility index (Phi) is 8.71. The number of likely N-dealkylation sites (tertiary alicyclic amines) is 1. The fourth-order valence-electron chi connectivity index (χ4n) is 3.68. The van der Waals surface area contributed by atoms with Crippen molar-refractivity contribution < 1.29 is 14.3 Å². The topological polar surface area (TPSA) is 83.0 Å². The first-order valence-corrected chi connectivity index (χ1v) is 10.1. The van der Waals surface area contributed by atoms with Gasteiger partial charge in [-0.15, -0.1) is 0 Å². The van der Waals surface area contributed by atoms with E-state index < -0.39 is 0 Å². The molecule has 7 heteroatoms. The lowest BCUT2D eigenvalue weighted by molar-refractivity contribution is -0.149. The van der Waals surface area contributed by atoms with E-state index in [1.165, 1.54) is 19.3 Å². The third-order valence-corrected chi connectivity index (χ3v) is 5.09. The Morgan fingerprint density at radius 3 is 2.38 bits per heavy atom. The molecule has 1 heterocycles. The lowest BCUT2D eigenvalue weighted by Crippen LogP contribution is -2.47. The van der Waals surface area contributed by atoms with Crippen LogP contribution >= 0.6 is 0 Å². The number of hydrogen-bond acceptors (Lipinski definition) is 4. The van der Waals surface area contributed by atoms with Gasteiger partial charge in [-0.05, 0) is 39.5 Å². The SMILES string of the molecule is CCNC(=NCC(=O)NC1CCCCC1)N1CCC(C(=O)OCC)CC1. The third-order valence-electron chi connectivity index (χ3n) is 5.09. The molecule has 2 aliphatic rings. The van der Waals surface area contributed by atoms with Crippen LogP contribution in [0.25, 0.3) is 0 Å². The second kappa shape index (κ2) is 11.0. The fourth-order valence-corrected chi connectivity index (χ4v) is 3.68. The van der Waals surface area contributed by atoms with E-state index in [4.69, 9.17) is 4.74 Å². The Morgan fingerprint density at radius 2 is 1.77 bits per heavy atom. The van der Waals surface area contributed by atoms with Crippen LogP contribution in [-0.4, -0.2) is 61.6 Å². The maximum absolute atomic E-state index is 12.2. The summed E-state index contributed by atoms with van der Waals surface area (Å²) in [5.41, 5.74) is 0. The number of hydrogen-bond donors (Lipinski definition) is 2. The van der Waals surface area contributed by atoms with Crippen molar-refractivity contribution in [1.29, 1.82) is 0 Å². The van der Waals surface area contributed by atoms with Crippen molar-refractivity contribution in [3.05, 3.63) is 0 Å². The number of ether oxygens (including phenoxy) is 1. The zero-order chi connectivity index (χ0) is 18.8. The monoisotopic (exact) mass is 366 g/mol. The minimum absolute atomic E-state index is 0.00582. The van der Waals surface area contributed by atoms with Crippen LogP contribution in [-0.2, 0) is 14.3 Å². The highest BCUT2D eigenvalue weighted by Crippen LogP contribution is 2.19. The molecule has 1 saturated heterocycles. The van der Waals surface area contributed by atoms with E-state index in [-0.39, 0.29) is 24.3 Å². The van der Waals surface area contributed by atoms with Crippen LogP contribution in [0.15, 0.2) is 4.99 Å². The predicted molar refractivity (Wildman–Crippen MR) is 102 cm³/mol. The van der Waals surface area contributed by atoms with Gasteiger partial charge in [0.2, 0.25) is 5.91 Å². The van der Waals surface area contributed by atoms with Crippen molar-refractivity contribution in [3.63, 3.8) is 0 Å². The number of guanidine groups is 1. The van der Waals surface area contributed by atoms with Gasteiger partial charge in [0.15, 0.2) is 5.96 Å². The van der Waals surface area contributed by atoms with Crippen LogP contribution in [0.3, 0.4) is 0 Å². The van der Waals surface area contributed by atoms with Crippen LogP contribution < -0.4 is 10.6 Å². The van der Waals surface area contributed by atoms with E-state index in [0.717, 1.165) is 51.3 Å². The summed E-state index contributed by atoms with van der Waals surface area (Å²) in [5, 5.41) is 6.36. The second-order valence-corrected chi connectivity index (χ2v) is 7.09. The molecule has 0 aromatic heterocycles. The summed E-state index contributed by atoms with van der Waals surface area (Å²) in [7, 11) is 0. The minimum Gasteiger partial charge on any atom is -0.466 e. The van der Waals surface area contributed by atoms with E-state index in [1.807, 2.05) is 13.8 Å². The first kappa shape index (κ1) is 20.5. The van der Waals surface area contributed by atoms with Crippen LogP contribution in [0.1, 0.15) is 58.8 Å². The van der Waals surface area contributed by atoms with Crippen molar-refractivity contribution in [3.8, 4) is 0 Å². The largest absolute Gasteiger partial charge is 0.466 e. The molecule has 0 spiro atoms. The number of amides is 1. The average Bonchev–Trinajstić information content (AvgIpc) is 2.66. The van der Waals surface area contributed by atoms with Crippen molar-refractivity contribution in [1.82, 2.24) is 15.5 Å². The number of nitrogens with one attached hydrogen (secondary N) is 2. The molecular weight excluding hydrogens is 332 g/mol. The van der Waals surface area contributed by atoms with Gasteiger partial charge in [0.05, 0.1) is 12.5 Å². The van der Waals surface area contributed by atoms with Gasteiger partial charge in [0.25, 0.3) is 0 Å². The lowest BCUT2D eigenvalue weighted by Gasteiger charge is -2.33. The molecule has 0 radical (unpaired) electrons. The van der Waals surface area contributed by atoms with E-state index in [9.17, 15) is 9.59 Å². The molecule has 0 bridgehead atoms. The average molecular weight is 367 g/mol. The van der Waals surface area contributed by atoms with E-state index in [1.54, 1.807) is 0 Å². The maximum atomic E-state index is 12.2. The third kappa shape index (κ3) is 6.50. The minimum atomic E-state index is -0.0963. The number of rotatable bonds is 6. The summed E-state index contributed by atoms with van der Waals surface area (Å²) in [4.78, 5) is 30.7. The molecule has 0 aromatic carbocycles. The zero-order valence-corrected chi connectivity index (χ0v) is 16.3. The smallest absolute Gasteiger partial charge is 0.309 e. The molecular formula is C19H34N4O3. The van der Waals surface area contributed by atoms with Crippen molar-refractivity contribution in [2.24, 2.45) is 10.9 Å². The maximum Gasteiger partial charge on any atom is 0.309 e. The number of esters is 1. The number of carbonyl (C=O) groups is 2. The van der Waals surface area contributed by atoms with Gasteiger partial charge in [-0.1, -0.05) is 19.3 Å². The van der Waals surface area contributed by atoms with Crippen molar-refractivity contribution in [2.45, 2.75) is 64.8 Å². The summed E-state index contributed by atoms with van der Waals surface area (Å²) < 4.78 is 5.12. The predicted octanol–water partition coefficient (Wildman–Crippen LogP) is 1.68. The van der Waals surface area contributed by atoms with Crippen LogP contribution in [0.4, 0.5) is 0 Å². The summed E-state index contributed by atoms with van der Waals surface area (Å²) in [6, 6.07) is 0.314. The summed E-state index contributed by atoms with van der Waals surface area (Å²) in [6.07, 6.45) is 7.36. The number of carbonyl (C=O) groups excluding carboxylic acids is 2. The molecule has 0 unspecified atom stereocenters. The van der Waals surface area contributed by atoms with Gasteiger partial charge in [0, 0.05) is 25.7 Å². The highest BCUT2D eigenvalue weighted by Gasteiger charge is 2.27. The number of piperidine rings is 1. The Labute approximate surface area is 156 Å². The molecule has 1 saturated carbocycles. The molecule has 148 valence electrons. The number of aliphatic imine (C=N–C) groups is 1. The van der Waals surface area contributed by atoms with Crippen LogP contribution in [0, 0.1) is 5.92 Å². The van der Waals surface area contributed by atoms with Gasteiger partial charge in [-0.25, -0.2) is 4.99 Å². The highest BCUT2D eigenvalue weighted by atomic mass is 16.5. The van der Waals surface area contributed by atoms with Crippen LogP contribution in [0.2, 0.25) is 0 Å². The fraction of sp³-hybridized carbons (Fsp3) is 0.842. The molecule has 26 heavy (non-hydrogen) atoms. The molecule has 7 nitrogen and oxygen atoms in total. The summed E-state index contributed by atoms with van der Waals surface area (Å²) >= 11 is 0. The zero-order valence-electron chi connectivity index (χ0n) is 16.3. The van der Waals surface area contributed by atoms with Crippen molar-refractivity contribution >= 4 is 17.8 Å². The van der Waals surface area contributed by atoms with Gasteiger partial charge in [-0.3, -0.25) is 9.59 Å². The highest BCUT2D eigenvalue weighted by molar-refractivity contribution is 5.85. The van der Waals surface area contributed by atoms with E-state index in [0.29, 0.717) is 12.6 Å². The molecule has 2 rings (SSSR count). The Bertz CT molecular complexity index is 481. The standard InChI is InChI=1S/C19H34N4O3/c1-3-20-19(21-14-17(24)22-16-8-6-5-7-9-16)23-12-10-15(11-13-23)18(25)26-4-2/h15-16H,3-14H2,1-2H3,(H,20,21)(H,22,24). The van der Waals surface area contributed by atoms with Gasteiger partial charge in [-0.2, -0.15) is 0 Å². The Morgan fingerprint density at radius 1 is 1.08 bits per heavy atom. The summed E-state index contributed by atoms with van der Waals surface area (Å²) in [6.45, 7) is 6.68. The molecule has 0 atom stereocenters. The first-order valence-electron chi connectivity index (χ1n) is 10.1. The molecule has 2 N–H and O–H groups in total. The van der Waals surface area contributed by atoms with E-state index in [2.05, 4.69) is 20.5 Å². The molecule has 1 aliphatic heterocycles. The first-order chi connectivity index (χ1) is 12.6. The van der Waals surface area contributed by atoms with E-state index >= 15 is 0 Å². The molecule has 1 aliphatic carbocycles. The molecule has 0 aromatic rings. The molecule has 2 fully saturated rings. The summed E-state index contributed by atoms with van der Waals surface area (Å²) in [5.74, 6) is 0.631. The normalized spacial score (nSPS) is 19.9. The Balaban J connectivity index is 1.82. The van der Waals surface area contributed by atoms with Gasteiger partial charge < -0.3 is 20.3 Å². The van der Waals surface area contributed by atoms with Gasteiger partial charge in [0.1, 0.15) is 6.54 Å². The van der Waals surface area contributed by atoms with Crippen LogP contribution in [0.5, 0.6) is 0 Å². The second-order valence-electron chi connectivity index (χ2n) is 7.09. The van der Waals surface area contributed by atoms with Gasteiger partial charge >= 0.3 is 5.97 Å². The lowest BCUT2D eigenvalue weighted by atomic mass is 9.95.